The molecule has 0 spiro atoms. The maximum absolute atomic E-state index is 12.0. The van der Waals surface area contributed by atoms with E-state index in [-0.39, 0.29) is 15.6 Å². The summed E-state index contributed by atoms with van der Waals surface area (Å²) in [5, 5.41) is 0.266. The molecule has 0 saturated carbocycles. The molecule has 5 nitrogen and oxygen atoms in total. The van der Waals surface area contributed by atoms with Crippen LogP contribution in [0.2, 0.25) is 5.15 Å². The number of sulfonamides is 1. The Morgan fingerprint density at radius 2 is 2.00 bits per heavy atom. The topological polar surface area (TPSA) is 62.3 Å². The first-order valence-corrected chi connectivity index (χ1v) is 7.30. The molecule has 0 aliphatic carbocycles. The first-order valence-electron chi connectivity index (χ1n) is 5.44. The lowest BCUT2D eigenvalue weighted by Gasteiger charge is -2.32. The molecule has 1 aromatic heterocycles. The minimum atomic E-state index is -3.54. The van der Waals surface area contributed by atoms with Gasteiger partial charge in [0.25, 0.3) is 0 Å². The molecule has 1 heterocycles. The first-order chi connectivity index (χ1) is 8.15. The van der Waals surface area contributed by atoms with Crippen LogP contribution < -0.4 is 4.72 Å². The Balaban J connectivity index is 2.81. The zero-order valence-corrected chi connectivity index (χ0v) is 12.5. The summed E-state index contributed by atoms with van der Waals surface area (Å²) < 4.78 is 26.6. The summed E-state index contributed by atoms with van der Waals surface area (Å²) in [5.41, 5.74) is -0.271. The minimum absolute atomic E-state index is 0.112. The van der Waals surface area contributed by atoms with Crippen LogP contribution in [0.1, 0.15) is 13.8 Å². The molecule has 0 saturated heterocycles. The fraction of sp³-hybridized carbons (Fsp3) is 0.545. The highest BCUT2D eigenvalue weighted by Crippen LogP contribution is 2.13. The number of hydrogen-bond donors (Lipinski definition) is 1. The summed E-state index contributed by atoms with van der Waals surface area (Å²) in [6.07, 6.45) is 1.24. The van der Waals surface area contributed by atoms with Crippen molar-refractivity contribution < 1.29 is 8.42 Å². The van der Waals surface area contributed by atoms with Crippen molar-refractivity contribution in [1.29, 1.82) is 0 Å². The zero-order valence-electron chi connectivity index (χ0n) is 10.9. The van der Waals surface area contributed by atoms with E-state index in [1.807, 2.05) is 32.8 Å². The summed E-state index contributed by atoms with van der Waals surface area (Å²) in [5.74, 6) is 0. The fourth-order valence-electron chi connectivity index (χ4n) is 1.03. The molecule has 0 aliphatic rings. The van der Waals surface area contributed by atoms with Crippen LogP contribution in [0.25, 0.3) is 0 Å². The van der Waals surface area contributed by atoms with Crippen LogP contribution in [0.4, 0.5) is 0 Å². The van der Waals surface area contributed by atoms with Crippen molar-refractivity contribution in [3.8, 4) is 0 Å². The van der Waals surface area contributed by atoms with Gasteiger partial charge in [-0.25, -0.2) is 18.1 Å². The number of halogens is 1. The molecule has 102 valence electrons. The third kappa shape index (κ3) is 3.91. The number of hydrogen-bond acceptors (Lipinski definition) is 4. The van der Waals surface area contributed by atoms with Gasteiger partial charge in [-0.2, -0.15) is 0 Å². The summed E-state index contributed by atoms with van der Waals surface area (Å²) in [4.78, 5) is 5.83. The summed E-state index contributed by atoms with van der Waals surface area (Å²) >= 11 is 5.62. The molecular formula is C11H18ClN3O2S. The molecule has 7 heteroatoms. The van der Waals surface area contributed by atoms with Crippen LogP contribution in [0.15, 0.2) is 23.2 Å². The highest BCUT2D eigenvalue weighted by Gasteiger charge is 2.24. The maximum atomic E-state index is 12.0. The predicted octanol–water partition coefficient (Wildman–Crippen LogP) is 1.35. The van der Waals surface area contributed by atoms with Gasteiger partial charge in [0.2, 0.25) is 10.0 Å². The van der Waals surface area contributed by atoms with Crippen molar-refractivity contribution in [2.75, 3.05) is 20.6 Å². The number of pyridine rings is 1. The SMILES string of the molecule is CN(C)C(C)(C)CNS(=O)(=O)c1ccc(Cl)nc1. The fourth-order valence-corrected chi connectivity index (χ4v) is 2.29. The van der Waals surface area contributed by atoms with Crippen molar-refractivity contribution in [2.45, 2.75) is 24.3 Å². The zero-order chi connectivity index (χ0) is 14.0. The highest BCUT2D eigenvalue weighted by atomic mass is 35.5. The molecule has 0 unspecified atom stereocenters. The summed E-state index contributed by atoms with van der Waals surface area (Å²) in [7, 11) is 0.260. The molecular weight excluding hydrogens is 274 g/mol. The second-order valence-corrected chi connectivity index (χ2v) is 7.00. The Labute approximate surface area is 113 Å². The van der Waals surface area contributed by atoms with E-state index in [0.29, 0.717) is 6.54 Å². The first kappa shape index (κ1) is 15.4. The lowest BCUT2D eigenvalue weighted by molar-refractivity contribution is 0.199. The van der Waals surface area contributed by atoms with Crippen molar-refractivity contribution in [3.63, 3.8) is 0 Å². The molecule has 0 fully saturated rings. The van der Waals surface area contributed by atoms with Crippen molar-refractivity contribution in [1.82, 2.24) is 14.6 Å². The van der Waals surface area contributed by atoms with Gasteiger partial charge in [0.15, 0.2) is 0 Å². The number of nitrogens with zero attached hydrogens (tertiary/aromatic N) is 2. The third-order valence-corrected chi connectivity index (χ3v) is 4.53. The van der Waals surface area contributed by atoms with E-state index in [1.165, 1.54) is 18.3 Å². The van der Waals surface area contributed by atoms with E-state index in [1.54, 1.807) is 0 Å². The quantitative estimate of drug-likeness (QED) is 0.832. The maximum Gasteiger partial charge on any atom is 0.242 e. The Hall–Kier alpha value is -0.690. The molecule has 0 bridgehead atoms. The van der Waals surface area contributed by atoms with Crippen LogP contribution in [0, 0.1) is 0 Å². The van der Waals surface area contributed by atoms with Crippen LogP contribution in [-0.2, 0) is 10.0 Å². The van der Waals surface area contributed by atoms with Crippen LogP contribution >= 0.6 is 11.6 Å². The Bertz CT molecular complexity index is 498. The Morgan fingerprint density at radius 1 is 1.39 bits per heavy atom. The largest absolute Gasteiger partial charge is 0.303 e. The van der Waals surface area contributed by atoms with E-state index in [2.05, 4.69) is 9.71 Å². The molecule has 1 rings (SSSR count). The summed E-state index contributed by atoms with van der Waals surface area (Å²) in [6, 6.07) is 2.88. The average molecular weight is 292 g/mol. The van der Waals surface area contributed by atoms with E-state index < -0.39 is 10.0 Å². The Kier molecular flexibility index (Phi) is 4.72. The van der Waals surface area contributed by atoms with Crippen LogP contribution in [0.5, 0.6) is 0 Å². The van der Waals surface area contributed by atoms with Crippen molar-refractivity contribution >= 4 is 21.6 Å². The van der Waals surface area contributed by atoms with Gasteiger partial charge in [-0.3, -0.25) is 0 Å². The molecule has 0 amide bonds. The molecule has 1 N–H and O–H groups in total. The van der Waals surface area contributed by atoms with E-state index >= 15 is 0 Å². The van der Waals surface area contributed by atoms with Crippen LogP contribution in [-0.4, -0.2) is 44.5 Å². The van der Waals surface area contributed by atoms with Crippen molar-refractivity contribution in [3.05, 3.63) is 23.5 Å². The van der Waals surface area contributed by atoms with Gasteiger partial charge in [-0.05, 0) is 40.1 Å². The number of aromatic nitrogens is 1. The second kappa shape index (κ2) is 5.52. The standard InChI is InChI=1S/C11H18ClN3O2S/c1-11(2,15(3)4)8-14-18(16,17)9-5-6-10(12)13-7-9/h5-7,14H,8H2,1-4H3. The van der Waals surface area contributed by atoms with Gasteiger partial charge >= 0.3 is 0 Å². The second-order valence-electron chi connectivity index (χ2n) is 4.85. The smallest absolute Gasteiger partial charge is 0.242 e. The van der Waals surface area contributed by atoms with E-state index in [9.17, 15) is 8.42 Å². The molecule has 18 heavy (non-hydrogen) atoms. The molecule has 0 aliphatic heterocycles. The molecule has 0 atom stereocenters. The van der Waals surface area contributed by atoms with Gasteiger partial charge in [0.05, 0.1) is 0 Å². The van der Waals surface area contributed by atoms with Gasteiger partial charge < -0.3 is 4.90 Å². The molecule has 1 aromatic rings. The van der Waals surface area contributed by atoms with Gasteiger partial charge in [0, 0.05) is 18.3 Å². The molecule has 0 radical (unpaired) electrons. The number of rotatable bonds is 5. The van der Waals surface area contributed by atoms with E-state index in [4.69, 9.17) is 11.6 Å². The van der Waals surface area contributed by atoms with Crippen LogP contribution in [0.3, 0.4) is 0 Å². The van der Waals surface area contributed by atoms with Crippen molar-refractivity contribution in [2.24, 2.45) is 0 Å². The average Bonchev–Trinajstić information content (AvgIpc) is 2.27. The minimum Gasteiger partial charge on any atom is -0.303 e. The normalized spacial score (nSPS) is 13.0. The van der Waals surface area contributed by atoms with Gasteiger partial charge in [0.1, 0.15) is 10.0 Å². The highest BCUT2D eigenvalue weighted by molar-refractivity contribution is 7.89. The lowest BCUT2D eigenvalue weighted by Crippen LogP contribution is -2.48. The van der Waals surface area contributed by atoms with E-state index in [0.717, 1.165) is 0 Å². The van der Waals surface area contributed by atoms with Gasteiger partial charge in [-0.1, -0.05) is 11.6 Å². The Morgan fingerprint density at radius 3 is 2.44 bits per heavy atom. The molecule has 0 aromatic carbocycles. The number of nitrogens with one attached hydrogen (secondary N) is 1. The summed E-state index contributed by atoms with van der Waals surface area (Å²) in [6.45, 7) is 4.22. The monoisotopic (exact) mass is 291 g/mol. The number of likely N-dealkylation sites (N-methyl/N-ethyl adjacent to an activating group) is 1. The predicted molar refractivity (Wildman–Crippen MR) is 72.2 cm³/mol. The lowest BCUT2D eigenvalue weighted by atomic mass is 10.1. The van der Waals surface area contributed by atoms with Gasteiger partial charge in [-0.15, -0.1) is 0 Å². The third-order valence-electron chi connectivity index (χ3n) is 2.92.